The monoisotopic (exact) mass is 254 g/mol. The zero-order valence-electron chi connectivity index (χ0n) is 10.2. The lowest BCUT2D eigenvalue weighted by molar-refractivity contribution is 0.296. The topological polar surface area (TPSA) is 34.1 Å². The number of hydrogen-bond donors (Lipinski definition) is 1. The van der Waals surface area contributed by atoms with Gasteiger partial charge in [-0.2, -0.15) is 0 Å². The Labute approximate surface area is 108 Å². The Kier molecular flexibility index (Phi) is 4.63. The molecule has 17 heavy (non-hydrogen) atoms. The minimum atomic E-state index is 0.664. The molecule has 0 unspecified atom stereocenters. The normalized spacial score (nSPS) is 14.9. The maximum atomic E-state index is 6.10. The summed E-state index contributed by atoms with van der Waals surface area (Å²) in [5, 5.41) is 4.11. The van der Waals surface area contributed by atoms with Crippen LogP contribution in [-0.2, 0) is 6.54 Å². The van der Waals surface area contributed by atoms with E-state index in [1.165, 1.54) is 12.8 Å². The fourth-order valence-corrected chi connectivity index (χ4v) is 1.69. The van der Waals surface area contributed by atoms with Crippen LogP contribution in [0.25, 0.3) is 0 Å². The number of aromatic nitrogens is 1. The molecule has 2 rings (SSSR count). The summed E-state index contributed by atoms with van der Waals surface area (Å²) in [6.07, 6.45) is 4.72. The molecule has 1 aliphatic carbocycles. The van der Waals surface area contributed by atoms with E-state index >= 15 is 0 Å². The third kappa shape index (κ3) is 4.17. The Hall–Kier alpha value is -0.800. The van der Waals surface area contributed by atoms with E-state index in [1.807, 2.05) is 12.1 Å². The van der Waals surface area contributed by atoms with Crippen molar-refractivity contribution in [1.29, 1.82) is 0 Å². The van der Waals surface area contributed by atoms with Gasteiger partial charge >= 0.3 is 0 Å². The Bertz CT molecular complexity index is 366. The number of unbranched alkanes of at least 4 members (excludes halogenated alkanes) is 1. The van der Waals surface area contributed by atoms with Crippen LogP contribution in [0.1, 0.15) is 38.3 Å². The lowest BCUT2D eigenvalue weighted by Gasteiger charge is -2.08. The summed E-state index contributed by atoms with van der Waals surface area (Å²) in [5.41, 5.74) is 0.882. The van der Waals surface area contributed by atoms with Gasteiger partial charge < -0.3 is 10.1 Å². The Balaban J connectivity index is 1.90. The summed E-state index contributed by atoms with van der Waals surface area (Å²) in [5.74, 6) is 0.676. The number of rotatable bonds is 7. The molecule has 0 aliphatic heterocycles. The van der Waals surface area contributed by atoms with Crippen LogP contribution in [0.15, 0.2) is 12.1 Å². The van der Waals surface area contributed by atoms with Crippen LogP contribution in [0.4, 0.5) is 0 Å². The van der Waals surface area contributed by atoms with Crippen molar-refractivity contribution < 1.29 is 4.74 Å². The summed E-state index contributed by atoms with van der Waals surface area (Å²) < 4.78 is 5.57. The van der Waals surface area contributed by atoms with Gasteiger partial charge in [0.15, 0.2) is 0 Å². The standard InChI is InChI=1S/C13H19ClN2O/c1-2-3-8-17-13-7-6-11(14)12(16-13)9-15-10-4-5-10/h6-7,10,15H,2-5,8-9H2,1H3. The van der Waals surface area contributed by atoms with Crippen molar-refractivity contribution in [3.63, 3.8) is 0 Å². The Morgan fingerprint density at radius 3 is 3.00 bits per heavy atom. The first kappa shape index (κ1) is 12.7. The number of nitrogens with one attached hydrogen (secondary N) is 1. The maximum absolute atomic E-state index is 6.10. The van der Waals surface area contributed by atoms with E-state index in [2.05, 4.69) is 17.2 Å². The molecule has 0 radical (unpaired) electrons. The van der Waals surface area contributed by atoms with Crippen LogP contribution in [0.5, 0.6) is 5.88 Å². The average molecular weight is 255 g/mol. The molecule has 1 aromatic heterocycles. The van der Waals surface area contributed by atoms with Crippen molar-refractivity contribution in [2.45, 2.75) is 45.2 Å². The minimum Gasteiger partial charge on any atom is -0.478 e. The predicted octanol–water partition coefficient (Wildman–Crippen LogP) is 3.17. The molecule has 0 bridgehead atoms. The molecule has 0 amide bonds. The summed E-state index contributed by atoms with van der Waals surface area (Å²) in [6, 6.07) is 4.36. The number of pyridine rings is 1. The second-order valence-corrected chi connectivity index (χ2v) is 4.84. The molecular weight excluding hydrogens is 236 g/mol. The van der Waals surface area contributed by atoms with Crippen LogP contribution in [0.3, 0.4) is 0 Å². The maximum Gasteiger partial charge on any atom is 0.213 e. The molecule has 1 N–H and O–H groups in total. The predicted molar refractivity (Wildman–Crippen MR) is 69.5 cm³/mol. The number of halogens is 1. The molecule has 1 fully saturated rings. The fraction of sp³-hybridized carbons (Fsp3) is 0.615. The van der Waals surface area contributed by atoms with E-state index < -0.39 is 0 Å². The Morgan fingerprint density at radius 1 is 1.47 bits per heavy atom. The van der Waals surface area contributed by atoms with Crippen LogP contribution in [0.2, 0.25) is 5.02 Å². The highest BCUT2D eigenvalue weighted by molar-refractivity contribution is 6.31. The summed E-state index contributed by atoms with van der Waals surface area (Å²) >= 11 is 6.10. The van der Waals surface area contributed by atoms with Gasteiger partial charge in [-0.3, -0.25) is 0 Å². The first-order valence-corrected chi connectivity index (χ1v) is 6.69. The summed E-state index contributed by atoms with van der Waals surface area (Å²) in [6.45, 7) is 3.60. The quantitative estimate of drug-likeness (QED) is 0.759. The van der Waals surface area contributed by atoms with Crippen molar-refractivity contribution >= 4 is 11.6 Å². The van der Waals surface area contributed by atoms with Crippen molar-refractivity contribution in [1.82, 2.24) is 10.3 Å². The molecule has 1 aliphatic rings. The minimum absolute atomic E-state index is 0.664. The van der Waals surface area contributed by atoms with Gasteiger partial charge in [0.25, 0.3) is 0 Å². The molecule has 0 spiro atoms. The molecular formula is C13H19ClN2O. The molecule has 1 heterocycles. The third-order valence-electron chi connectivity index (χ3n) is 2.78. The highest BCUT2D eigenvalue weighted by atomic mass is 35.5. The van der Waals surface area contributed by atoms with Gasteiger partial charge in [-0.15, -0.1) is 0 Å². The zero-order valence-corrected chi connectivity index (χ0v) is 11.0. The van der Waals surface area contributed by atoms with Gasteiger partial charge in [0, 0.05) is 18.7 Å². The van der Waals surface area contributed by atoms with E-state index in [1.54, 1.807) is 0 Å². The second-order valence-electron chi connectivity index (χ2n) is 4.44. The molecule has 0 aromatic carbocycles. The summed E-state index contributed by atoms with van der Waals surface area (Å²) in [7, 11) is 0. The van der Waals surface area contributed by atoms with Gasteiger partial charge in [0.2, 0.25) is 5.88 Å². The largest absolute Gasteiger partial charge is 0.478 e. The Morgan fingerprint density at radius 2 is 2.29 bits per heavy atom. The van der Waals surface area contributed by atoms with Crippen LogP contribution in [-0.4, -0.2) is 17.6 Å². The van der Waals surface area contributed by atoms with Gasteiger partial charge in [-0.05, 0) is 25.3 Å². The van der Waals surface area contributed by atoms with Crippen LogP contribution < -0.4 is 10.1 Å². The number of hydrogen-bond acceptors (Lipinski definition) is 3. The molecule has 4 heteroatoms. The average Bonchev–Trinajstić information content (AvgIpc) is 3.14. The summed E-state index contributed by atoms with van der Waals surface area (Å²) in [4.78, 5) is 4.43. The van der Waals surface area contributed by atoms with E-state index in [-0.39, 0.29) is 0 Å². The molecule has 94 valence electrons. The van der Waals surface area contributed by atoms with E-state index in [9.17, 15) is 0 Å². The van der Waals surface area contributed by atoms with Crippen molar-refractivity contribution in [3.8, 4) is 5.88 Å². The molecule has 0 saturated heterocycles. The number of ether oxygens (including phenoxy) is 1. The van der Waals surface area contributed by atoms with Crippen molar-refractivity contribution in [2.24, 2.45) is 0 Å². The lowest BCUT2D eigenvalue weighted by Crippen LogP contribution is -2.16. The number of nitrogens with zero attached hydrogens (tertiary/aromatic N) is 1. The fourth-order valence-electron chi connectivity index (χ4n) is 1.52. The molecule has 1 aromatic rings. The lowest BCUT2D eigenvalue weighted by atomic mass is 10.3. The molecule has 0 atom stereocenters. The molecule has 3 nitrogen and oxygen atoms in total. The highest BCUT2D eigenvalue weighted by Gasteiger charge is 2.20. The first-order chi connectivity index (χ1) is 8.29. The SMILES string of the molecule is CCCCOc1ccc(Cl)c(CNC2CC2)n1. The first-order valence-electron chi connectivity index (χ1n) is 6.31. The van der Waals surface area contributed by atoms with Gasteiger partial charge in [-0.1, -0.05) is 24.9 Å². The van der Waals surface area contributed by atoms with E-state index in [0.29, 0.717) is 16.9 Å². The zero-order chi connectivity index (χ0) is 12.1. The van der Waals surface area contributed by atoms with Gasteiger partial charge in [0.05, 0.1) is 17.3 Å². The highest BCUT2D eigenvalue weighted by Crippen LogP contribution is 2.22. The van der Waals surface area contributed by atoms with Gasteiger partial charge in [-0.25, -0.2) is 4.98 Å². The molecule has 1 saturated carbocycles. The third-order valence-corrected chi connectivity index (χ3v) is 3.12. The van der Waals surface area contributed by atoms with E-state index in [4.69, 9.17) is 16.3 Å². The smallest absolute Gasteiger partial charge is 0.213 e. The van der Waals surface area contributed by atoms with Crippen LogP contribution >= 0.6 is 11.6 Å². The second kappa shape index (κ2) is 6.22. The van der Waals surface area contributed by atoms with Crippen molar-refractivity contribution in [3.05, 3.63) is 22.8 Å². The van der Waals surface area contributed by atoms with Gasteiger partial charge in [0.1, 0.15) is 0 Å². The van der Waals surface area contributed by atoms with E-state index in [0.717, 1.165) is 31.7 Å². The van der Waals surface area contributed by atoms with Crippen LogP contribution in [0, 0.1) is 0 Å². The van der Waals surface area contributed by atoms with Crippen molar-refractivity contribution in [2.75, 3.05) is 6.61 Å².